The van der Waals surface area contributed by atoms with Crippen molar-refractivity contribution in [2.45, 2.75) is 96.6 Å². The number of aliphatic hydroxyl groups is 3. The molecule has 3 aliphatic rings. The van der Waals surface area contributed by atoms with Gasteiger partial charge in [-0.3, -0.25) is 9.59 Å². The molecule has 31 heavy (non-hydrogen) atoms. The zero-order valence-corrected chi connectivity index (χ0v) is 19.4. The highest BCUT2D eigenvalue weighted by molar-refractivity contribution is 5.72. The van der Waals surface area contributed by atoms with Crippen LogP contribution in [0, 0.1) is 23.2 Å². The molecule has 0 aromatic rings. The number of hydrogen-bond donors (Lipinski definition) is 3. The Morgan fingerprint density at radius 3 is 2.35 bits per heavy atom. The maximum Gasteiger partial charge on any atom is 0.306 e. The number of hydrogen-bond acceptors (Lipinski definition) is 7. The summed E-state index contributed by atoms with van der Waals surface area (Å²) >= 11 is 0. The van der Waals surface area contributed by atoms with Gasteiger partial charge in [0.1, 0.15) is 6.10 Å². The molecule has 0 aliphatic heterocycles. The summed E-state index contributed by atoms with van der Waals surface area (Å²) in [4.78, 5) is 25.2. The summed E-state index contributed by atoms with van der Waals surface area (Å²) in [5.41, 5.74) is -2.29. The van der Waals surface area contributed by atoms with Crippen LogP contribution < -0.4 is 0 Å². The fourth-order valence-electron chi connectivity index (χ4n) is 6.33. The average Bonchev–Trinajstić information content (AvgIpc) is 3.20. The van der Waals surface area contributed by atoms with Crippen molar-refractivity contribution in [2.24, 2.45) is 23.2 Å². The molecule has 0 aromatic carbocycles. The monoisotopic (exact) mass is 438 g/mol. The number of ether oxygens (including phenoxy) is 2. The first-order valence-electron chi connectivity index (χ1n) is 11.6. The minimum Gasteiger partial charge on any atom is -0.458 e. The van der Waals surface area contributed by atoms with Crippen LogP contribution in [0.25, 0.3) is 0 Å². The van der Waals surface area contributed by atoms with E-state index >= 15 is 0 Å². The van der Waals surface area contributed by atoms with E-state index in [1.807, 2.05) is 33.8 Å². The predicted molar refractivity (Wildman–Crippen MR) is 114 cm³/mol. The van der Waals surface area contributed by atoms with Crippen molar-refractivity contribution in [1.82, 2.24) is 0 Å². The van der Waals surface area contributed by atoms with Gasteiger partial charge >= 0.3 is 11.9 Å². The molecule has 0 bridgehead atoms. The number of fused-ring (bicyclic) bond motifs is 3. The number of aliphatic hydroxyl groups excluding tert-OH is 2. The van der Waals surface area contributed by atoms with Gasteiger partial charge in [0.15, 0.2) is 5.60 Å². The van der Waals surface area contributed by atoms with Crippen LogP contribution in [0.2, 0.25) is 0 Å². The van der Waals surface area contributed by atoms with Crippen LogP contribution in [-0.4, -0.2) is 57.3 Å². The zero-order valence-electron chi connectivity index (χ0n) is 19.4. The summed E-state index contributed by atoms with van der Waals surface area (Å²) in [6, 6.07) is 0. The topological polar surface area (TPSA) is 113 Å². The molecule has 2 saturated carbocycles. The Kier molecular flexibility index (Phi) is 6.63. The second-order valence-corrected chi connectivity index (χ2v) is 10.2. The highest BCUT2D eigenvalue weighted by Crippen LogP contribution is 2.76. The smallest absolute Gasteiger partial charge is 0.306 e. The van der Waals surface area contributed by atoms with Crippen LogP contribution in [0.5, 0.6) is 0 Å². The molecular formula is C24H38O7. The van der Waals surface area contributed by atoms with Gasteiger partial charge in [-0.15, -0.1) is 0 Å². The second-order valence-electron chi connectivity index (χ2n) is 10.2. The van der Waals surface area contributed by atoms with Crippen LogP contribution in [0.15, 0.2) is 11.6 Å². The van der Waals surface area contributed by atoms with Crippen molar-refractivity contribution in [3.63, 3.8) is 0 Å². The van der Waals surface area contributed by atoms with Crippen LogP contribution in [0.3, 0.4) is 0 Å². The van der Waals surface area contributed by atoms with E-state index in [-0.39, 0.29) is 50.1 Å². The van der Waals surface area contributed by atoms with Gasteiger partial charge in [0.25, 0.3) is 0 Å². The van der Waals surface area contributed by atoms with E-state index in [2.05, 4.69) is 0 Å². The molecule has 2 fully saturated rings. The maximum absolute atomic E-state index is 12.7. The lowest BCUT2D eigenvalue weighted by Crippen LogP contribution is -2.61. The van der Waals surface area contributed by atoms with Gasteiger partial charge in [-0.1, -0.05) is 40.7 Å². The summed E-state index contributed by atoms with van der Waals surface area (Å²) in [5, 5.41) is 32.3. The van der Waals surface area contributed by atoms with Crippen LogP contribution in [0.4, 0.5) is 0 Å². The van der Waals surface area contributed by atoms with Crippen molar-refractivity contribution >= 4 is 11.9 Å². The molecular weight excluding hydrogens is 400 g/mol. The van der Waals surface area contributed by atoms with Gasteiger partial charge in [-0.05, 0) is 24.8 Å². The van der Waals surface area contributed by atoms with E-state index in [1.54, 1.807) is 6.92 Å². The highest BCUT2D eigenvalue weighted by Gasteiger charge is 2.86. The van der Waals surface area contributed by atoms with E-state index in [4.69, 9.17) is 9.47 Å². The third kappa shape index (κ3) is 3.72. The molecule has 3 rings (SSSR count). The lowest BCUT2D eigenvalue weighted by molar-refractivity contribution is -0.215. The fourth-order valence-corrected chi connectivity index (χ4v) is 6.33. The Hall–Kier alpha value is -1.44. The van der Waals surface area contributed by atoms with Crippen LogP contribution in [-0.2, 0) is 19.1 Å². The molecule has 7 nitrogen and oxygen atoms in total. The number of carbonyl (C=O) groups excluding carboxylic acids is 2. The van der Waals surface area contributed by atoms with Gasteiger partial charge in [-0.2, -0.15) is 0 Å². The first-order chi connectivity index (χ1) is 14.5. The summed E-state index contributed by atoms with van der Waals surface area (Å²) in [5.74, 6) is -2.03. The minimum absolute atomic E-state index is 0.103. The van der Waals surface area contributed by atoms with Crippen LogP contribution in [0.1, 0.15) is 73.1 Å². The Morgan fingerprint density at radius 1 is 1.16 bits per heavy atom. The molecule has 3 N–H and O–H groups in total. The van der Waals surface area contributed by atoms with Gasteiger partial charge < -0.3 is 24.8 Å². The van der Waals surface area contributed by atoms with Gasteiger partial charge in [0.2, 0.25) is 0 Å². The molecule has 0 spiro atoms. The highest BCUT2D eigenvalue weighted by atomic mass is 16.6. The van der Waals surface area contributed by atoms with Crippen LogP contribution >= 0.6 is 0 Å². The molecule has 1 unspecified atom stereocenters. The average molecular weight is 439 g/mol. The van der Waals surface area contributed by atoms with Crippen molar-refractivity contribution in [2.75, 3.05) is 6.61 Å². The number of carbonyl (C=O) groups is 2. The first kappa shape index (κ1) is 24.2. The van der Waals surface area contributed by atoms with E-state index in [0.29, 0.717) is 18.4 Å². The molecule has 3 aliphatic carbocycles. The Bertz CT molecular complexity index is 744. The summed E-state index contributed by atoms with van der Waals surface area (Å²) in [6.45, 7) is 9.34. The standard InChI is InChI=1S/C24H38O7/c1-6-8-18(27)30-21-14(3)23(29)12-16(26)10-15(13-25)11-17(23)20-22(4,5)24(20,21)31-19(28)9-7-2/h11,14,16-17,20-21,25-26,29H,6-10,12-13H2,1-5H3/t14-,16-,17+,20?,21-,23-,24-/m1/s1. The quantitative estimate of drug-likeness (QED) is 0.413. The van der Waals surface area contributed by atoms with Gasteiger partial charge in [0, 0.05) is 42.4 Å². The zero-order chi connectivity index (χ0) is 23.2. The predicted octanol–water partition coefficient (Wildman–Crippen LogP) is 2.51. The van der Waals surface area contributed by atoms with Gasteiger partial charge in [0.05, 0.1) is 18.3 Å². The number of esters is 2. The molecule has 0 amide bonds. The largest absolute Gasteiger partial charge is 0.458 e. The van der Waals surface area contributed by atoms with E-state index < -0.39 is 40.7 Å². The molecule has 0 radical (unpaired) electrons. The van der Waals surface area contributed by atoms with Crippen molar-refractivity contribution in [3.8, 4) is 0 Å². The normalized spacial score (nSPS) is 40.6. The Morgan fingerprint density at radius 2 is 1.77 bits per heavy atom. The molecule has 176 valence electrons. The minimum atomic E-state index is -1.35. The Labute approximate surface area is 184 Å². The summed E-state index contributed by atoms with van der Waals surface area (Å²) in [6.07, 6.45) is 2.38. The molecule has 0 heterocycles. The molecule has 7 atom stereocenters. The van der Waals surface area contributed by atoms with E-state index in [0.717, 1.165) is 0 Å². The van der Waals surface area contributed by atoms with Crippen molar-refractivity contribution in [1.29, 1.82) is 0 Å². The molecule has 0 aromatic heterocycles. The lowest BCUT2D eigenvalue weighted by atomic mass is 9.64. The Balaban J connectivity index is 2.11. The molecule has 7 heteroatoms. The van der Waals surface area contributed by atoms with E-state index in [1.165, 1.54) is 0 Å². The first-order valence-corrected chi connectivity index (χ1v) is 11.6. The maximum atomic E-state index is 12.7. The second kappa shape index (κ2) is 8.49. The van der Waals surface area contributed by atoms with E-state index in [9.17, 15) is 24.9 Å². The van der Waals surface area contributed by atoms with Gasteiger partial charge in [-0.25, -0.2) is 0 Å². The third-order valence-electron chi connectivity index (χ3n) is 7.89. The summed E-state index contributed by atoms with van der Waals surface area (Å²) in [7, 11) is 0. The number of rotatable bonds is 7. The van der Waals surface area contributed by atoms with Crippen molar-refractivity contribution in [3.05, 3.63) is 11.6 Å². The van der Waals surface area contributed by atoms with Crippen molar-refractivity contribution < 1.29 is 34.4 Å². The fraction of sp³-hybridized carbons (Fsp3) is 0.833. The molecule has 0 saturated heterocycles. The SMILES string of the molecule is CCCC(=O)O[C@@H]1[C@@H](C)[C@]2(O)C[C@H](O)CC(CO)=C[C@H]2C2C(C)(C)[C@@]21OC(=O)CCC. The summed E-state index contributed by atoms with van der Waals surface area (Å²) < 4.78 is 12.1. The third-order valence-corrected chi connectivity index (χ3v) is 7.89. The lowest BCUT2D eigenvalue weighted by Gasteiger charge is -2.49.